The Kier molecular flexibility index (Phi) is 2.25. The maximum Gasteiger partial charge on any atom is 0.353 e. The summed E-state index contributed by atoms with van der Waals surface area (Å²) >= 11 is 4.95. The molecule has 0 aromatic carbocycles. The number of carbonyl (C=O) groups excluding carboxylic acids is 1. The quantitative estimate of drug-likeness (QED) is 0.406. The molecule has 1 atom stereocenters. The first kappa shape index (κ1) is 7.72. The van der Waals surface area contributed by atoms with Gasteiger partial charge in [0.1, 0.15) is 0 Å². The van der Waals surface area contributed by atoms with E-state index in [4.69, 9.17) is 16.7 Å². The summed E-state index contributed by atoms with van der Waals surface area (Å²) in [6.45, 7) is 2.89. The van der Waals surface area contributed by atoms with E-state index in [1.807, 2.05) is 0 Å². The minimum absolute atomic E-state index is 0.959. The molecule has 47 valence electrons. The van der Waals surface area contributed by atoms with Crippen molar-refractivity contribution >= 4 is 17.6 Å². The van der Waals surface area contributed by atoms with Gasteiger partial charge in [0.15, 0.2) is 0 Å². The minimum atomic E-state index is -2.13. The van der Waals surface area contributed by atoms with E-state index < -0.39 is 11.0 Å². The highest BCUT2D eigenvalue weighted by molar-refractivity contribution is 6.33. The number of rotatable bonds is 1. The van der Waals surface area contributed by atoms with E-state index >= 15 is 0 Å². The SMILES string of the molecule is [CH2]C(O)(Cl)C(=O)OC. The van der Waals surface area contributed by atoms with Crippen LogP contribution in [0.1, 0.15) is 0 Å². The molecule has 1 unspecified atom stereocenters. The Labute approximate surface area is 52.2 Å². The first-order valence-corrected chi connectivity index (χ1v) is 2.21. The van der Waals surface area contributed by atoms with Crippen LogP contribution in [0.3, 0.4) is 0 Å². The van der Waals surface area contributed by atoms with Crippen LogP contribution in [0.25, 0.3) is 0 Å². The van der Waals surface area contributed by atoms with Gasteiger partial charge in [0.25, 0.3) is 0 Å². The van der Waals surface area contributed by atoms with E-state index in [2.05, 4.69) is 11.7 Å². The van der Waals surface area contributed by atoms with Crippen LogP contribution in [0.15, 0.2) is 0 Å². The zero-order valence-electron chi connectivity index (χ0n) is 4.35. The lowest BCUT2D eigenvalue weighted by atomic mass is 10.4. The number of ether oxygens (including phenoxy) is 1. The minimum Gasteiger partial charge on any atom is -0.466 e. The Hall–Kier alpha value is -0.280. The molecule has 0 aliphatic carbocycles. The summed E-state index contributed by atoms with van der Waals surface area (Å²) in [5.74, 6) is -0.959. The Bertz CT molecular complexity index is 93.9. The van der Waals surface area contributed by atoms with E-state index in [-0.39, 0.29) is 0 Å². The van der Waals surface area contributed by atoms with Crippen LogP contribution in [0.4, 0.5) is 0 Å². The molecule has 1 N–H and O–H groups in total. The summed E-state index contributed by atoms with van der Waals surface area (Å²) in [4.78, 5) is 10.2. The molecule has 1 radical (unpaired) electrons. The van der Waals surface area contributed by atoms with Gasteiger partial charge < -0.3 is 9.84 Å². The summed E-state index contributed by atoms with van der Waals surface area (Å²) in [5.41, 5.74) is 0. The zero-order valence-corrected chi connectivity index (χ0v) is 5.10. The largest absolute Gasteiger partial charge is 0.466 e. The highest BCUT2D eigenvalue weighted by Gasteiger charge is 2.27. The molecule has 8 heavy (non-hydrogen) atoms. The summed E-state index contributed by atoms with van der Waals surface area (Å²) in [5, 5.41) is 6.34. The predicted molar refractivity (Wildman–Crippen MR) is 28.2 cm³/mol. The first-order valence-electron chi connectivity index (χ1n) is 1.83. The number of carbonyl (C=O) groups is 1. The second-order valence-electron chi connectivity index (χ2n) is 1.25. The number of methoxy groups -OCH3 is 1. The van der Waals surface area contributed by atoms with Crippen molar-refractivity contribution in [2.24, 2.45) is 0 Å². The number of aliphatic hydroxyl groups is 1. The molecule has 0 aromatic heterocycles. The van der Waals surface area contributed by atoms with Gasteiger partial charge in [0.05, 0.1) is 7.11 Å². The molecule has 0 saturated heterocycles. The lowest BCUT2D eigenvalue weighted by Gasteiger charge is -2.08. The van der Waals surface area contributed by atoms with Gasteiger partial charge in [0.2, 0.25) is 5.06 Å². The van der Waals surface area contributed by atoms with E-state index in [0.29, 0.717) is 0 Å². The van der Waals surface area contributed by atoms with Crippen molar-refractivity contribution in [3.63, 3.8) is 0 Å². The van der Waals surface area contributed by atoms with E-state index in [0.717, 1.165) is 7.11 Å². The monoisotopic (exact) mass is 137 g/mol. The van der Waals surface area contributed by atoms with Crippen molar-refractivity contribution in [2.75, 3.05) is 7.11 Å². The van der Waals surface area contributed by atoms with Crippen LogP contribution in [0.2, 0.25) is 0 Å². The average Bonchev–Trinajstić information content (AvgIpc) is 1.62. The third-order valence-corrected chi connectivity index (χ3v) is 0.652. The van der Waals surface area contributed by atoms with Crippen molar-refractivity contribution in [1.29, 1.82) is 0 Å². The number of alkyl halides is 1. The maximum absolute atomic E-state index is 10.2. The Morgan fingerprint density at radius 3 is 2.38 bits per heavy atom. The standard InChI is InChI=1S/C4H6ClO3/c1-4(5,7)3(6)8-2/h7H,1H2,2H3. The van der Waals surface area contributed by atoms with Gasteiger partial charge in [-0.1, -0.05) is 11.6 Å². The molecule has 4 heteroatoms. The summed E-state index contributed by atoms with van der Waals surface area (Å²) < 4.78 is 4.03. The molecule has 0 bridgehead atoms. The molecule has 0 amide bonds. The normalized spacial score (nSPS) is 17.0. The predicted octanol–water partition coefficient (Wildman–Crippen LogP) is -0.0791. The van der Waals surface area contributed by atoms with Crippen LogP contribution >= 0.6 is 11.6 Å². The third-order valence-electron chi connectivity index (χ3n) is 0.498. The Morgan fingerprint density at radius 1 is 2.00 bits per heavy atom. The lowest BCUT2D eigenvalue weighted by molar-refractivity contribution is -0.150. The molecule has 0 aromatic rings. The van der Waals surface area contributed by atoms with Gasteiger partial charge in [-0.3, -0.25) is 0 Å². The second-order valence-corrected chi connectivity index (χ2v) is 1.88. The number of hydrogen-bond donors (Lipinski definition) is 1. The topological polar surface area (TPSA) is 46.5 Å². The van der Waals surface area contributed by atoms with E-state index in [1.165, 1.54) is 0 Å². The third kappa shape index (κ3) is 2.14. The van der Waals surface area contributed by atoms with Crippen LogP contribution < -0.4 is 0 Å². The number of hydrogen-bond acceptors (Lipinski definition) is 3. The molecule has 3 nitrogen and oxygen atoms in total. The fourth-order valence-electron chi connectivity index (χ4n) is 0.156. The van der Waals surface area contributed by atoms with Gasteiger partial charge in [-0.05, 0) is 0 Å². The van der Waals surface area contributed by atoms with Gasteiger partial charge in [0, 0.05) is 6.92 Å². The number of halogens is 1. The molecule has 0 aliphatic rings. The van der Waals surface area contributed by atoms with Gasteiger partial charge in [-0.2, -0.15) is 0 Å². The summed E-state index contributed by atoms with van der Waals surface area (Å²) in [6.07, 6.45) is 0. The molecule has 0 rings (SSSR count). The molecule has 0 saturated carbocycles. The van der Waals surface area contributed by atoms with Crippen LogP contribution in [-0.4, -0.2) is 23.2 Å². The van der Waals surface area contributed by atoms with Crippen molar-refractivity contribution < 1.29 is 14.6 Å². The zero-order chi connectivity index (χ0) is 6.78. The van der Waals surface area contributed by atoms with E-state index in [9.17, 15) is 4.79 Å². The van der Waals surface area contributed by atoms with Crippen LogP contribution in [-0.2, 0) is 9.53 Å². The molecule has 0 aliphatic heterocycles. The molecule has 0 heterocycles. The fraction of sp³-hybridized carbons (Fsp3) is 0.500. The molecule has 0 fully saturated rings. The van der Waals surface area contributed by atoms with Crippen LogP contribution in [0, 0.1) is 6.92 Å². The van der Waals surface area contributed by atoms with Crippen molar-refractivity contribution in [3.8, 4) is 0 Å². The highest BCUT2D eigenvalue weighted by Crippen LogP contribution is 2.08. The highest BCUT2D eigenvalue weighted by atomic mass is 35.5. The maximum atomic E-state index is 10.2. The number of esters is 1. The Balaban J connectivity index is 3.82. The Morgan fingerprint density at radius 2 is 2.38 bits per heavy atom. The van der Waals surface area contributed by atoms with Crippen molar-refractivity contribution in [1.82, 2.24) is 0 Å². The smallest absolute Gasteiger partial charge is 0.353 e. The van der Waals surface area contributed by atoms with Gasteiger partial charge >= 0.3 is 5.97 Å². The molecular weight excluding hydrogens is 131 g/mol. The first-order chi connectivity index (χ1) is 3.48. The van der Waals surface area contributed by atoms with Gasteiger partial charge in [-0.25, -0.2) is 4.79 Å². The van der Waals surface area contributed by atoms with Crippen molar-refractivity contribution in [3.05, 3.63) is 6.92 Å². The van der Waals surface area contributed by atoms with Gasteiger partial charge in [-0.15, -0.1) is 0 Å². The van der Waals surface area contributed by atoms with Crippen molar-refractivity contribution in [2.45, 2.75) is 5.06 Å². The summed E-state index contributed by atoms with van der Waals surface area (Å²) in [6, 6.07) is 0. The van der Waals surface area contributed by atoms with Crippen LogP contribution in [0.5, 0.6) is 0 Å². The second kappa shape index (κ2) is 2.33. The fourth-order valence-corrected chi connectivity index (χ4v) is 0.234. The van der Waals surface area contributed by atoms with E-state index in [1.54, 1.807) is 0 Å². The molecule has 0 spiro atoms. The average molecular weight is 138 g/mol. The molecular formula is C4H6ClO3. The summed E-state index contributed by atoms with van der Waals surface area (Å²) in [7, 11) is 1.11. The lowest BCUT2D eigenvalue weighted by Crippen LogP contribution is -2.29.